The molecule has 1 aromatic carbocycles. The van der Waals surface area contributed by atoms with Crippen molar-refractivity contribution in [2.45, 2.75) is 95.4 Å². The molecule has 6 atom stereocenters. The summed E-state index contributed by atoms with van der Waals surface area (Å²) < 4.78 is 7.00. The number of carbonyl (C=O) groups excluding carboxylic acids is 3. The number of ether oxygens (including phenoxy) is 1. The van der Waals surface area contributed by atoms with Gasteiger partial charge in [-0.1, -0.05) is 50.6 Å². The molecule has 0 aliphatic carbocycles. The summed E-state index contributed by atoms with van der Waals surface area (Å²) in [7, 11) is 0. The van der Waals surface area contributed by atoms with Gasteiger partial charge in [0.15, 0.2) is 0 Å². The summed E-state index contributed by atoms with van der Waals surface area (Å²) in [4.78, 5) is 49.0. The molecule has 3 heterocycles. The molecule has 3 fully saturated rings. The fourth-order valence-corrected chi connectivity index (χ4v) is 7.77. The SMILES string of the molecule is C=CCN(C(=O)[C@@H]1[C@H]2C(=O)N(CCCCCO)C(C(=O)N(CC=C)C(C)CCC)C23CC[C@@]1(CC)O3)c1ccccc1. The molecule has 230 valence electrons. The summed E-state index contributed by atoms with van der Waals surface area (Å²) >= 11 is 0. The van der Waals surface area contributed by atoms with E-state index >= 15 is 0 Å². The molecule has 0 radical (unpaired) electrons. The van der Waals surface area contributed by atoms with Gasteiger partial charge in [-0.05, 0) is 64.0 Å². The van der Waals surface area contributed by atoms with Crippen molar-refractivity contribution in [2.75, 3.05) is 31.1 Å². The van der Waals surface area contributed by atoms with Crippen molar-refractivity contribution in [1.29, 1.82) is 0 Å². The second-order valence-corrected chi connectivity index (χ2v) is 12.1. The number of benzene rings is 1. The van der Waals surface area contributed by atoms with Crippen LogP contribution in [0, 0.1) is 11.8 Å². The van der Waals surface area contributed by atoms with Crippen LogP contribution >= 0.6 is 0 Å². The molecule has 8 nitrogen and oxygen atoms in total. The maximum atomic E-state index is 14.6. The van der Waals surface area contributed by atoms with Crippen LogP contribution in [0.15, 0.2) is 55.6 Å². The van der Waals surface area contributed by atoms with Gasteiger partial charge in [-0.15, -0.1) is 13.2 Å². The fraction of sp³-hybridized carbons (Fsp3) is 0.618. The van der Waals surface area contributed by atoms with Crippen LogP contribution in [-0.4, -0.2) is 82.2 Å². The standard InChI is InChI=1S/C34H49N3O5/c1-6-16-25(5)35(21-7-2)32(41)29-34-20-19-33(9-4,42-34)27(28(34)31(40)37(29)23-14-11-15-24-38)30(39)36(22-8-3)26-17-12-10-13-18-26/h7-8,10,12-13,17-18,25,27-29,38H,2-3,6,9,11,14-16,19-24H2,1,4-5H3/t25?,27-,28-,29?,33+,34?/m0/s1. The van der Waals surface area contributed by atoms with E-state index in [1.165, 1.54) is 0 Å². The van der Waals surface area contributed by atoms with Crippen molar-refractivity contribution in [3.05, 3.63) is 55.6 Å². The zero-order chi connectivity index (χ0) is 30.5. The number of carbonyl (C=O) groups is 3. The third-order valence-corrected chi connectivity index (χ3v) is 9.73. The minimum absolute atomic E-state index is 0.0281. The average molecular weight is 580 g/mol. The Kier molecular flexibility index (Phi) is 10.3. The Hall–Kier alpha value is -2.97. The van der Waals surface area contributed by atoms with Gasteiger partial charge in [0, 0.05) is 38.0 Å². The Bertz CT molecular complexity index is 1140. The molecular formula is C34H49N3O5. The molecule has 3 aliphatic heterocycles. The summed E-state index contributed by atoms with van der Waals surface area (Å²) in [6.07, 6.45) is 8.99. The first-order valence-corrected chi connectivity index (χ1v) is 15.8. The summed E-state index contributed by atoms with van der Waals surface area (Å²) in [6, 6.07) is 8.64. The van der Waals surface area contributed by atoms with Gasteiger partial charge in [0.25, 0.3) is 0 Å². The van der Waals surface area contributed by atoms with Crippen molar-refractivity contribution in [2.24, 2.45) is 11.8 Å². The number of aliphatic hydroxyl groups excluding tert-OH is 1. The predicted octanol–water partition coefficient (Wildman–Crippen LogP) is 4.73. The molecule has 1 N–H and O–H groups in total. The van der Waals surface area contributed by atoms with E-state index in [1.807, 2.05) is 49.1 Å². The van der Waals surface area contributed by atoms with Crippen LogP contribution in [0.4, 0.5) is 5.69 Å². The highest BCUT2D eigenvalue weighted by molar-refractivity contribution is 6.03. The number of amides is 3. The van der Waals surface area contributed by atoms with Crippen LogP contribution in [0.5, 0.6) is 0 Å². The summed E-state index contributed by atoms with van der Waals surface area (Å²) in [5, 5.41) is 9.33. The van der Waals surface area contributed by atoms with Gasteiger partial charge in [0.2, 0.25) is 17.7 Å². The monoisotopic (exact) mass is 579 g/mol. The first kappa shape index (κ1) is 32.0. The Labute approximate surface area is 251 Å². The van der Waals surface area contributed by atoms with Crippen LogP contribution in [0.2, 0.25) is 0 Å². The van der Waals surface area contributed by atoms with Crippen molar-refractivity contribution < 1.29 is 24.2 Å². The average Bonchev–Trinajstić information content (AvgIpc) is 3.60. The molecular weight excluding hydrogens is 530 g/mol. The zero-order valence-electron chi connectivity index (χ0n) is 25.7. The molecule has 0 saturated carbocycles. The Morgan fingerprint density at radius 3 is 2.43 bits per heavy atom. The van der Waals surface area contributed by atoms with Gasteiger partial charge in [-0.3, -0.25) is 14.4 Å². The number of nitrogens with zero attached hydrogens (tertiary/aromatic N) is 3. The van der Waals surface area contributed by atoms with Crippen LogP contribution < -0.4 is 4.90 Å². The van der Waals surface area contributed by atoms with Gasteiger partial charge >= 0.3 is 0 Å². The molecule has 42 heavy (non-hydrogen) atoms. The molecule has 4 rings (SSSR count). The highest BCUT2D eigenvalue weighted by atomic mass is 16.5. The second-order valence-electron chi connectivity index (χ2n) is 12.1. The van der Waals surface area contributed by atoms with E-state index in [0.717, 1.165) is 24.9 Å². The van der Waals surface area contributed by atoms with Crippen molar-refractivity contribution >= 4 is 23.4 Å². The summed E-state index contributed by atoms with van der Waals surface area (Å²) in [6.45, 7) is 15.1. The van der Waals surface area contributed by atoms with Gasteiger partial charge < -0.3 is 24.5 Å². The molecule has 3 unspecified atom stereocenters. The van der Waals surface area contributed by atoms with E-state index in [0.29, 0.717) is 51.7 Å². The molecule has 3 saturated heterocycles. The fourth-order valence-electron chi connectivity index (χ4n) is 7.77. The highest BCUT2D eigenvalue weighted by Gasteiger charge is 2.79. The molecule has 8 heteroatoms. The van der Waals surface area contributed by atoms with E-state index in [-0.39, 0.29) is 30.4 Å². The molecule has 0 aromatic heterocycles. The van der Waals surface area contributed by atoms with E-state index in [2.05, 4.69) is 20.1 Å². The highest BCUT2D eigenvalue weighted by Crippen LogP contribution is 2.64. The van der Waals surface area contributed by atoms with E-state index in [9.17, 15) is 19.5 Å². The van der Waals surface area contributed by atoms with Gasteiger partial charge in [-0.2, -0.15) is 0 Å². The van der Waals surface area contributed by atoms with E-state index in [4.69, 9.17) is 4.74 Å². The maximum Gasteiger partial charge on any atom is 0.248 e. The number of likely N-dealkylation sites (tertiary alicyclic amines) is 1. The quantitative estimate of drug-likeness (QED) is 0.226. The molecule has 3 amide bonds. The maximum absolute atomic E-state index is 14.6. The number of fused-ring (bicyclic) bond motifs is 1. The zero-order valence-corrected chi connectivity index (χ0v) is 25.7. The third-order valence-electron chi connectivity index (χ3n) is 9.73. The van der Waals surface area contributed by atoms with Crippen LogP contribution in [0.25, 0.3) is 0 Å². The number of unbranched alkanes of at least 4 members (excludes halogenated alkanes) is 2. The smallest absolute Gasteiger partial charge is 0.248 e. The summed E-state index contributed by atoms with van der Waals surface area (Å²) in [5.74, 6) is -1.89. The second kappa shape index (κ2) is 13.6. The first-order chi connectivity index (χ1) is 20.3. The number of anilines is 1. The van der Waals surface area contributed by atoms with Crippen LogP contribution in [0.3, 0.4) is 0 Å². The Morgan fingerprint density at radius 1 is 1.10 bits per heavy atom. The Balaban J connectivity index is 1.79. The lowest BCUT2D eigenvalue weighted by molar-refractivity contribution is -0.154. The molecule has 2 bridgehead atoms. The first-order valence-electron chi connectivity index (χ1n) is 15.8. The molecule has 1 aromatic rings. The predicted molar refractivity (Wildman–Crippen MR) is 165 cm³/mol. The van der Waals surface area contributed by atoms with E-state index in [1.54, 1.807) is 22.0 Å². The largest absolute Gasteiger partial charge is 0.396 e. The minimum atomic E-state index is -1.07. The lowest BCUT2D eigenvalue weighted by atomic mass is 9.64. The van der Waals surface area contributed by atoms with Gasteiger partial charge in [0.05, 0.1) is 17.4 Å². The number of rotatable bonds is 16. The normalized spacial score (nSPS) is 28.4. The van der Waals surface area contributed by atoms with Gasteiger partial charge in [-0.25, -0.2) is 0 Å². The number of aliphatic hydroxyl groups is 1. The third kappa shape index (κ3) is 5.44. The topological polar surface area (TPSA) is 90.4 Å². The van der Waals surface area contributed by atoms with Crippen molar-refractivity contribution in [3.8, 4) is 0 Å². The lowest BCUT2D eigenvalue weighted by Gasteiger charge is -2.39. The minimum Gasteiger partial charge on any atom is -0.396 e. The number of para-hydroxylation sites is 1. The van der Waals surface area contributed by atoms with Gasteiger partial charge in [0.1, 0.15) is 11.6 Å². The van der Waals surface area contributed by atoms with Crippen molar-refractivity contribution in [3.63, 3.8) is 0 Å². The molecule has 3 aliphatic rings. The van der Waals surface area contributed by atoms with E-state index < -0.39 is 29.1 Å². The number of hydrogen-bond acceptors (Lipinski definition) is 5. The summed E-state index contributed by atoms with van der Waals surface area (Å²) in [5.41, 5.74) is -1.13. The number of hydrogen-bond donors (Lipinski definition) is 1. The lowest BCUT2D eigenvalue weighted by Crippen LogP contribution is -2.58. The van der Waals surface area contributed by atoms with Crippen LogP contribution in [0.1, 0.15) is 72.1 Å². The van der Waals surface area contributed by atoms with Crippen LogP contribution in [-0.2, 0) is 19.1 Å². The Morgan fingerprint density at radius 2 is 1.81 bits per heavy atom. The molecule has 1 spiro atoms. The van der Waals surface area contributed by atoms with Crippen molar-refractivity contribution in [1.82, 2.24) is 9.80 Å².